The monoisotopic (exact) mass is 595 g/mol. The number of thiazole rings is 1. The summed E-state index contributed by atoms with van der Waals surface area (Å²) in [6.45, 7) is -0.417. The molecule has 0 spiro atoms. The quantitative estimate of drug-likeness (QED) is 0.256. The summed E-state index contributed by atoms with van der Waals surface area (Å²) in [4.78, 5) is 38.5. The summed E-state index contributed by atoms with van der Waals surface area (Å²) in [6, 6.07) is 4.41. The molecule has 1 aliphatic rings. The second-order valence-corrected chi connectivity index (χ2v) is 14.2. The number of sulfone groups is 1. The number of rotatable bonds is 10. The number of nitrogens with one attached hydrogen (secondary N) is 4. The molecule has 1 aliphatic carbocycles. The molecule has 1 saturated carbocycles. The number of amides is 2. The third-order valence-electron chi connectivity index (χ3n) is 6.11. The van der Waals surface area contributed by atoms with Gasteiger partial charge in [0, 0.05) is 43.7 Å². The van der Waals surface area contributed by atoms with Gasteiger partial charge in [0.2, 0.25) is 15.2 Å². The van der Waals surface area contributed by atoms with E-state index in [0.717, 1.165) is 37.6 Å². The Morgan fingerprint density at radius 1 is 1.13 bits per heavy atom. The predicted molar refractivity (Wildman–Crippen MR) is 148 cm³/mol. The van der Waals surface area contributed by atoms with E-state index in [1.807, 2.05) is 19.0 Å². The van der Waals surface area contributed by atoms with E-state index in [9.17, 15) is 26.4 Å². The van der Waals surface area contributed by atoms with Gasteiger partial charge in [0.15, 0.2) is 15.1 Å². The number of Topliss-reactive ketones (excluding diaryl/α,β-unsaturated/α-hetero) is 1. The first-order valence-electron chi connectivity index (χ1n) is 12.0. The molecule has 0 unspecified atom stereocenters. The molecule has 16 heteroatoms. The largest absolute Gasteiger partial charge is 0.378 e. The fourth-order valence-corrected chi connectivity index (χ4v) is 7.23. The van der Waals surface area contributed by atoms with Gasteiger partial charge in [0.05, 0.1) is 24.2 Å². The standard InChI is InChI=1S/C23H29N7O6S3/c1-30(2)15-8-9-17(16(12-15)19(31)14-6-4-5-7-14)27-21(32)29-22-28-18(13-26-38(3,33)34)20(37-22)39(35,36)23-24-10-11-25-23/h8-12,14,26H,4-7,13H2,1-3H3,(H,24,25)(H2,27,28,29,32). The number of urea groups is 1. The molecule has 2 aromatic heterocycles. The number of ketones is 1. The van der Waals surface area contributed by atoms with Crippen LogP contribution in [-0.4, -0.2) is 64.0 Å². The third-order valence-corrected chi connectivity index (χ3v) is 9.96. The minimum absolute atomic E-state index is 0.0401. The van der Waals surface area contributed by atoms with Crippen molar-refractivity contribution in [3.8, 4) is 0 Å². The van der Waals surface area contributed by atoms with E-state index in [1.165, 1.54) is 12.4 Å². The fraction of sp³-hybridized carbons (Fsp3) is 0.391. The van der Waals surface area contributed by atoms with Crippen LogP contribution in [0.3, 0.4) is 0 Å². The van der Waals surface area contributed by atoms with Crippen molar-refractivity contribution in [1.82, 2.24) is 19.7 Å². The van der Waals surface area contributed by atoms with Crippen molar-refractivity contribution in [1.29, 1.82) is 0 Å². The number of carbonyl (C=O) groups excluding carboxylic acids is 2. The summed E-state index contributed by atoms with van der Waals surface area (Å²) in [7, 11) is -4.13. The van der Waals surface area contributed by atoms with Crippen molar-refractivity contribution in [3.05, 3.63) is 41.9 Å². The number of hydrogen-bond donors (Lipinski definition) is 4. The van der Waals surface area contributed by atoms with Gasteiger partial charge in [-0.2, -0.15) is 0 Å². The van der Waals surface area contributed by atoms with E-state index in [-0.39, 0.29) is 31.9 Å². The lowest BCUT2D eigenvalue weighted by Crippen LogP contribution is -2.23. The maximum Gasteiger partial charge on any atom is 0.325 e. The van der Waals surface area contributed by atoms with Gasteiger partial charge in [-0.15, -0.1) is 0 Å². The zero-order valence-electron chi connectivity index (χ0n) is 21.5. The number of aromatic nitrogens is 3. The first-order chi connectivity index (χ1) is 18.3. The molecule has 1 aromatic carbocycles. The lowest BCUT2D eigenvalue weighted by molar-refractivity contribution is 0.0923. The second kappa shape index (κ2) is 11.4. The van der Waals surface area contributed by atoms with Gasteiger partial charge in [-0.25, -0.2) is 36.3 Å². The topological polar surface area (TPSA) is 183 Å². The number of anilines is 3. The number of imidazole rings is 1. The van der Waals surface area contributed by atoms with Crippen molar-refractivity contribution in [2.24, 2.45) is 5.92 Å². The highest BCUT2D eigenvalue weighted by Gasteiger charge is 2.30. The average molecular weight is 596 g/mol. The molecule has 0 saturated heterocycles. The summed E-state index contributed by atoms with van der Waals surface area (Å²) < 4.78 is 51.4. The molecule has 2 amide bonds. The van der Waals surface area contributed by atoms with Crippen molar-refractivity contribution >= 4 is 59.5 Å². The molecule has 13 nitrogen and oxygen atoms in total. The maximum atomic E-state index is 13.3. The number of sulfonamides is 1. The molecule has 0 atom stereocenters. The Hall–Kier alpha value is -3.34. The average Bonchev–Trinajstić information content (AvgIpc) is 3.64. The number of H-pyrrole nitrogens is 1. The Morgan fingerprint density at radius 3 is 2.46 bits per heavy atom. The van der Waals surface area contributed by atoms with E-state index in [2.05, 4.69) is 30.3 Å². The normalized spacial score (nSPS) is 14.3. The van der Waals surface area contributed by atoms with E-state index in [4.69, 9.17) is 0 Å². The van der Waals surface area contributed by atoms with E-state index in [1.54, 1.807) is 18.2 Å². The molecular formula is C23H29N7O6S3. The van der Waals surface area contributed by atoms with Crippen molar-refractivity contribution in [2.75, 3.05) is 35.9 Å². The number of benzene rings is 1. The van der Waals surface area contributed by atoms with Gasteiger partial charge in [-0.05, 0) is 31.0 Å². The lowest BCUT2D eigenvalue weighted by atomic mass is 9.94. The van der Waals surface area contributed by atoms with Crippen LogP contribution in [0.1, 0.15) is 41.7 Å². The van der Waals surface area contributed by atoms with Crippen LogP contribution >= 0.6 is 11.3 Å². The van der Waals surface area contributed by atoms with Gasteiger partial charge in [-0.1, -0.05) is 24.2 Å². The zero-order valence-corrected chi connectivity index (χ0v) is 24.0. The van der Waals surface area contributed by atoms with Crippen LogP contribution in [0.25, 0.3) is 0 Å². The first-order valence-corrected chi connectivity index (χ1v) is 16.2. The molecule has 0 aliphatic heterocycles. The third kappa shape index (κ3) is 6.81. The number of carbonyl (C=O) groups is 2. The van der Waals surface area contributed by atoms with Crippen LogP contribution in [0.5, 0.6) is 0 Å². The van der Waals surface area contributed by atoms with Crippen LogP contribution in [-0.2, 0) is 26.4 Å². The Labute approximate surface area is 230 Å². The molecule has 210 valence electrons. The van der Waals surface area contributed by atoms with Crippen LogP contribution in [0.2, 0.25) is 0 Å². The Kier molecular flexibility index (Phi) is 8.39. The summed E-state index contributed by atoms with van der Waals surface area (Å²) >= 11 is 0.652. The number of nitrogens with zero attached hydrogens (tertiary/aromatic N) is 3. The molecule has 4 rings (SSSR count). The minimum Gasteiger partial charge on any atom is -0.378 e. The Bertz CT molecular complexity index is 1580. The number of hydrogen-bond acceptors (Lipinski definition) is 10. The molecular weight excluding hydrogens is 566 g/mol. The highest BCUT2D eigenvalue weighted by molar-refractivity contribution is 7.93. The van der Waals surface area contributed by atoms with Crippen molar-refractivity contribution in [2.45, 2.75) is 41.6 Å². The lowest BCUT2D eigenvalue weighted by Gasteiger charge is -2.18. The fourth-order valence-electron chi connectivity index (χ4n) is 4.18. The van der Waals surface area contributed by atoms with Crippen LogP contribution < -0.4 is 20.3 Å². The summed E-state index contributed by atoms with van der Waals surface area (Å²) in [5, 5.41) is 4.75. The Morgan fingerprint density at radius 2 is 1.85 bits per heavy atom. The van der Waals surface area contributed by atoms with Gasteiger partial charge < -0.3 is 15.2 Å². The Balaban J connectivity index is 1.61. The SMILES string of the molecule is CN(C)c1ccc(NC(=O)Nc2nc(CNS(C)(=O)=O)c(S(=O)(=O)c3ncc[nH]3)s2)c(C(=O)C2CCCC2)c1. The maximum absolute atomic E-state index is 13.3. The molecule has 2 heterocycles. The molecule has 39 heavy (non-hydrogen) atoms. The van der Waals surface area contributed by atoms with E-state index >= 15 is 0 Å². The second-order valence-electron chi connectivity index (χ2n) is 9.29. The number of aromatic amines is 1. The van der Waals surface area contributed by atoms with Gasteiger partial charge in [0.25, 0.3) is 9.84 Å². The first kappa shape index (κ1) is 28.7. The highest BCUT2D eigenvalue weighted by Crippen LogP contribution is 2.34. The molecule has 4 N–H and O–H groups in total. The van der Waals surface area contributed by atoms with Gasteiger partial charge >= 0.3 is 6.03 Å². The smallest absolute Gasteiger partial charge is 0.325 e. The van der Waals surface area contributed by atoms with E-state index < -0.39 is 32.4 Å². The molecule has 3 aromatic rings. The van der Waals surface area contributed by atoms with Crippen LogP contribution in [0, 0.1) is 5.92 Å². The predicted octanol–water partition coefficient (Wildman–Crippen LogP) is 2.83. The van der Waals surface area contributed by atoms with Gasteiger partial charge in [-0.3, -0.25) is 10.1 Å². The summed E-state index contributed by atoms with van der Waals surface area (Å²) in [6.07, 6.45) is 7.09. The van der Waals surface area contributed by atoms with E-state index in [0.29, 0.717) is 22.6 Å². The zero-order chi connectivity index (χ0) is 28.4. The highest BCUT2D eigenvalue weighted by atomic mass is 32.2. The van der Waals surface area contributed by atoms with Crippen LogP contribution in [0.4, 0.5) is 21.3 Å². The van der Waals surface area contributed by atoms with Crippen LogP contribution in [0.15, 0.2) is 40.0 Å². The summed E-state index contributed by atoms with van der Waals surface area (Å²) in [5.74, 6) is -0.147. The van der Waals surface area contributed by atoms with Crippen molar-refractivity contribution in [3.63, 3.8) is 0 Å². The van der Waals surface area contributed by atoms with Gasteiger partial charge in [0.1, 0.15) is 0 Å². The van der Waals surface area contributed by atoms with Crippen molar-refractivity contribution < 1.29 is 26.4 Å². The molecule has 0 radical (unpaired) electrons. The minimum atomic E-state index is -4.17. The molecule has 1 fully saturated rings. The molecule has 0 bridgehead atoms. The summed E-state index contributed by atoms with van der Waals surface area (Å²) in [5.41, 5.74) is 1.40.